The minimum Gasteiger partial charge on any atom is -0.338 e. The van der Waals surface area contributed by atoms with Crippen molar-refractivity contribution in [1.82, 2.24) is 29.9 Å². The number of hydrogen-bond donors (Lipinski definition) is 2. The van der Waals surface area contributed by atoms with E-state index in [9.17, 15) is 0 Å². The monoisotopic (exact) mass is 402 g/mol. The van der Waals surface area contributed by atoms with Gasteiger partial charge in [-0.25, -0.2) is 10.1 Å². The molecule has 0 saturated heterocycles. The van der Waals surface area contributed by atoms with Gasteiger partial charge in [0.05, 0.1) is 23.2 Å². The van der Waals surface area contributed by atoms with E-state index in [1.54, 1.807) is 10.9 Å². The normalized spacial score (nSPS) is 11.7. The van der Waals surface area contributed by atoms with Gasteiger partial charge in [-0.1, -0.05) is 48.0 Å². The number of nitrogens with one attached hydrogen (secondary N) is 2. The van der Waals surface area contributed by atoms with Gasteiger partial charge in [-0.2, -0.15) is 15.2 Å². The van der Waals surface area contributed by atoms with Crippen LogP contribution in [0.3, 0.4) is 0 Å². The summed E-state index contributed by atoms with van der Waals surface area (Å²) in [6, 6.07) is 17.5. The number of fused-ring (bicyclic) bond motifs is 3. The molecule has 3 aromatic heterocycles. The van der Waals surface area contributed by atoms with Gasteiger partial charge in [-0.15, -0.1) is 10.2 Å². The minimum atomic E-state index is 0.282. The highest BCUT2D eigenvalue weighted by Gasteiger charge is 2.13. The molecule has 3 heterocycles. The average Bonchev–Trinajstić information content (AvgIpc) is 3.26. The van der Waals surface area contributed by atoms with Crippen molar-refractivity contribution in [1.29, 1.82) is 0 Å². The highest BCUT2D eigenvalue weighted by molar-refractivity contribution is 6.32. The fraction of sp³-hybridized carbons (Fsp3) is 0.0500. The van der Waals surface area contributed by atoms with Crippen molar-refractivity contribution in [2.45, 2.75) is 6.92 Å². The molecule has 0 unspecified atom stereocenters. The highest BCUT2D eigenvalue weighted by Crippen LogP contribution is 2.23. The molecule has 142 valence electrons. The number of benzene rings is 2. The lowest BCUT2D eigenvalue weighted by molar-refractivity contribution is 0.863. The Kier molecular flexibility index (Phi) is 4.18. The molecule has 8 nitrogen and oxygen atoms in total. The van der Waals surface area contributed by atoms with Gasteiger partial charge in [0.2, 0.25) is 0 Å². The summed E-state index contributed by atoms with van der Waals surface area (Å²) in [5, 5.41) is 18.5. The fourth-order valence-corrected chi connectivity index (χ4v) is 3.44. The number of anilines is 1. The number of H-pyrrole nitrogens is 1. The molecular formula is C20H15ClN8. The molecule has 2 N–H and O–H groups in total. The molecule has 0 bridgehead atoms. The Balaban J connectivity index is 1.41. The number of rotatable bonds is 4. The van der Waals surface area contributed by atoms with Crippen molar-refractivity contribution in [3.63, 3.8) is 0 Å². The van der Waals surface area contributed by atoms with Crippen LogP contribution in [0.5, 0.6) is 0 Å². The number of nitrogens with zero attached hydrogens (tertiary/aromatic N) is 6. The summed E-state index contributed by atoms with van der Waals surface area (Å²) in [5.41, 5.74) is 7.47. The molecule has 0 amide bonds. The number of aryl methyl sites for hydroxylation is 1. The molecule has 0 aliphatic carbocycles. The third-order valence-corrected chi connectivity index (χ3v) is 4.89. The molecule has 0 aliphatic heterocycles. The Morgan fingerprint density at radius 3 is 2.72 bits per heavy atom. The quantitative estimate of drug-likeness (QED) is 0.348. The lowest BCUT2D eigenvalue weighted by Crippen LogP contribution is -1.99. The van der Waals surface area contributed by atoms with Gasteiger partial charge in [-0.05, 0) is 25.1 Å². The van der Waals surface area contributed by atoms with Crippen molar-refractivity contribution in [3.05, 3.63) is 71.0 Å². The summed E-state index contributed by atoms with van der Waals surface area (Å²) in [6.45, 7) is 1.88. The van der Waals surface area contributed by atoms with E-state index in [0.29, 0.717) is 16.4 Å². The van der Waals surface area contributed by atoms with Crippen LogP contribution in [0.4, 0.5) is 5.95 Å². The summed E-state index contributed by atoms with van der Waals surface area (Å²) < 4.78 is 1.67. The van der Waals surface area contributed by atoms with Crippen molar-refractivity contribution in [3.8, 4) is 5.69 Å². The first-order valence-electron chi connectivity index (χ1n) is 8.91. The Bertz CT molecular complexity index is 1350. The van der Waals surface area contributed by atoms with E-state index < -0.39 is 0 Å². The average molecular weight is 403 g/mol. The van der Waals surface area contributed by atoms with Crippen LogP contribution in [0.25, 0.3) is 27.8 Å². The van der Waals surface area contributed by atoms with Crippen LogP contribution in [0, 0.1) is 6.92 Å². The van der Waals surface area contributed by atoms with Gasteiger partial charge in [0.15, 0.2) is 5.65 Å². The zero-order chi connectivity index (χ0) is 19.8. The molecule has 0 radical (unpaired) electrons. The van der Waals surface area contributed by atoms with E-state index in [1.165, 1.54) is 0 Å². The molecule has 29 heavy (non-hydrogen) atoms. The van der Waals surface area contributed by atoms with E-state index >= 15 is 0 Å². The van der Waals surface area contributed by atoms with E-state index in [4.69, 9.17) is 11.6 Å². The molecule has 0 spiro atoms. The van der Waals surface area contributed by atoms with Crippen LogP contribution in [0.1, 0.15) is 11.3 Å². The first-order chi connectivity index (χ1) is 14.2. The Morgan fingerprint density at radius 1 is 1.07 bits per heavy atom. The second kappa shape index (κ2) is 6.99. The van der Waals surface area contributed by atoms with E-state index in [-0.39, 0.29) is 5.95 Å². The van der Waals surface area contributed by atoms with Crippen molar-refractivity contribution >= 4 is 45.8 Å². The maximum Gasteiger partial charge on any atom is 0.265 e. The van der Waals surface area contributed by atoms with Crippen molar-refractivity contribution in [2.24, 2.45) is 5.10 Å². The second-order valence-corrected chi connectivity index (χ2v) is 6.77. The molecular weight excluding hydrogens is 388 g/mol. The van der Waals surface area contributed by atoms with Crippen LogP contribution in [0.2, 0.25) is 5.15 Å². The van der Waals surface area contributed by atoms with Crippen molar-refractivity contribution in [2.75, 3.05) is 5.43 Å². The zero-order valence-electron chi connectivity index (χ0n) is 15.3. The van der Waals surface area contributed by atoms with Gasteiger partial charge in [0.1, 0.15) is 10.7 Å². The molecule has 2 aromatic carbocycles. The third kappa shape index (κ3) is 3.09. The van der Waals surface area contributed by atoms with Crippen LogP contribution in [-0.2, 0) is 0 Å². The van der Waals surface area contributed by atoms with Crippen LogP contribution in [-0.4, -0.2) is 36.2 Å². The number of hydrazone groups is 1. The molecule has 0 atom stereocenters. The number of aromatic amines is 1. The summed E-state index contributed by atoms with van der Waals surface area (Å²) in [4.78, 5) is 7.66. The third-order valence-electron chi connectivity index (χ3n) is 4.53. The Morgan fingerprint density at radius 2 is 1.86 bits per heavy atom. The lowest BCUT2D eigenvalue weighted by atomic mass is 10.2. The van der Waals surface area contributed by atoms with Crippen LogP contribution >= 0.6 is 11.6 Å². The molecule has 0 fully saturated rings. The van der Waals surface area contributed by atoms with Crippen molar-refractivity contribution < 1.29 is 0 Å². The number of para-hydroxylation sites is 2. The maximum atomic E-state index is 6.50. The van der Waals surface area contributed by atoms with Gasteiger partial charge in [-0.3, -0.25) is 0 Å². The predicted molar refractivity (Wildman–Crippen MR) is 114 cm³/mol. The number of halogens is 1. The number of hydrogen-bond acceptors (Lipinski definition) is 6. The standard InChI is InChI=1S/C20H15ClN8/c1-12-15(18(21)29(28-12)13-7-3-2-4-8-13)11-22-26-20-24-19-17(25-27-20)14-9-5-6-10-16(14)23-19/h2-11H,1H3,(H2,23,24,26,27)/b22-11+. The molecule has 9 heteroatoms. The van der Waals surface area contributed by atoms with E-state index in [1.807, 2.05) is 61.5 Å². The molecule has 5 aromatic rings. The Labute approximate surface area is 170 Å². The van der Waals surface area contributed by atoms with E-state index in [0.717, 1.165) is 27.8 Å². The highest BCUT2D eigenvalue weighted by atomic mass is 35.5. The maximum absolute atomic E-state index is 6.50. The van der Waals surface area contributed by atoms with Crippen LogP contribution < -0.4 is 5.43 Å². The predicted octanol–water partition coefficient (Wildman–Crippen LogP) is 4.10. The first-order valence-corrected chi connectivity index (χ1v) is 9.29. The summed E-state index contributed by atoms with van der Waals surface area (Å²) in [5.74, 6) is 0.282. The second-order valence-electron chi connectivity index (χ2n) is 6.41. The molecule has 0 saturated carbocycles. The van der Waals surface area contributed by atoms with Gasteiger partial charge >= 0.3 is 0 Å². The van der Waals surface area contributed by atoms with E-state index in [2.05, 4.69) is 35.8 Å². The SMILES string of the molecule is Cc1nn(-c2ccccc2)c(Cl)c1/C=N/Nc1nnc2c(n1)[nH]c1ccccc12. The minimum absolute atomic E-state index is 0.282. The number of aromatic nitrogens is 6. The largest absolute Gasteiger partial charge is 0.338 e. The summed E-state index contributed by atoms with van der Waals surface area (Å²) in [7, 11) is 0. The van der Waals surface area contributed by atoms with Crippen LogP contribution in [0.15, 0.2) is 59.7 Å². The summed E-state index contributed by atoms with van der Waals surface area (Å²) in [6.07, 6.45) is 1.60. The fourth-order valence-electron chi connectivity index (χ4n) is 3.12. The molecule has 0 aliphatic rings. The lowest BCUT2D eigenvalue weighted by Gasteiger charge is -2.01. The molecule has 5 rings (SSSR count). The first kappa shape index (κ1) is 17.3. The van der Waals surface area contributed by atoms with Gasteiger partial charge in [0.25, 0.3) is 5.95 Å². The van der Waals surface area contributed by atoms with Gasteiger partial charge < -0.3 is 4.98 Å². The smallest absolute Gasteiger partial charge is 0.265 e. The zero-order valence-corrected chi connectivity index (χ0v) is 16.1. The topological polar surface area (TPSA) is 96.7 Å². The van der Waals surface area contributed by atoms with Gasteiger partial charge in [0, 0.05) is 10.9 Å². The Hall–Kier alpha value is -3.78. The summed E-state index contributed by atoms with van der Waals surface area (Å²) >= 11 is 6.50.